The van der Waals surface area contributed by atoms with Crippen LogP contribution in [0.5, 0.6) is 0 Å². The van der Waals surface area contributed by atoms with Crippen LogP contribution in [0.3, 0.4) is 0 Å². The number of fused-ring (bicyclic) bond motifs is 4. The molecule has 2 heterocycles. The Morgan fingerprint density at radius 2 is 0.855 bits per heavy atom. The average molecular weight is 717 g/mol. The fraction of sp³-hybridized carbons (Fsp3) is 0.245. The van der Waals surface area contributed by atoms with Gasteiger partial charge in [0.05, 0.1) is 0 Å². The number of rotatable bonds is 12. The summed E-state index contributed by atoms with van der Waals surface area (Å²) in [7, 11) is 0. The second kappa shape index (κ2) is 15.6. The molecule has 3 aliphatic rings. The number of aryl methyl sites for hydroxylation is 4. The number of benzene rings is 4. The van der Waals surface area contributed by atoms with E-state index in [1.54, 1.807) is 11.1 Å². The minimum atomic E-state index is 1.03. The van der Waals surface area contributed by atoms with Gasteiger partial charge >= 0.3 is 0 Å². The molecule has 2 nitrogen and oxygen atoms in total. The van der Waals surface area contributed by atoms with Crippen LogP contribution < -0.4 is 0 Å². The molecule has 3 aliphatic carbocycles. The molecule has 2 heteroatoms. The molecule has 55 heavy (non-hydrogen) atoms. The van der Waals surface area contributed by atoms with Gasteiger partial charge in [0.2, 0.25) is 0 Å². The van der Waals surface area contributed by atoms with E-state index >= 15 is 0 Å². The highest BCUT2D eigenvalue weighted by molar-refractivity contribution is 5.70. The predicted octanol–water partition coefficient (Wildman–Crippen LogP) is 13.0. The molecule has 0 atom stereocenters. The van der Waals surface area contributed by atoms with Crippen LogP contribution in [-0.2, 0) is 51.4 Å². The second-order valence-corrected chi connectivity index (χ2v) is 15.6. The molecule has 0 bridgehead atoms. The molecule has 0 amide bonds. The zero-order chi connectivity index (χ0) is 37.1. The zero-order valence-corrected chi connectivity index (χ0v) is 32.4. The third-order valence-corrected chi connectivity index (χ3v) is 12.2. The van der Waals surface area contributed by atoms with Crippen LogP contribution >= 0.6 is 0 Å². The smallest absolute Gasteiger partial charge is 0.0494 e. The largest absolute Gasteiger partial charge is 0.310 e. The van der Waals surface area contributed by atoms with Crippen molar-refractivity contribution in [2.24, 2.45) is 0 Å². The van der Waals surface area contributed by atoms with E-state index in [1.807, 2.05) is 0 Å². The molecule has 0 fully saturated rings. The van der Waals surface area contributed by atoms with E-state index in [0.29, 0.717) is 0 Å². The molecular formula is C53H52N2. The molecule has 2 aromatic heterocycles. The van der Waals surface area contributed by atoms with Gasteiger partial charge in [0, 0.05) is 34.2 Å². The van der Waals surface area contributed by atoms with Gasteiger partial charge in [0.1, 0.15) is 0 Å². The molecule has 9 rings (SSSR count). The van der Waals surface area contributed by atoms with Crippen molar-refractivity contribution >= 4 is 24.3 Å². The second-order valence-electron chi connectivity index (χ2n) is 15.6. The summed E-state index contributed by atoms with van der Waals surface area (Å²) in [5, 5.41) is 0. The van der Waals surface area contributed by atoms with Crippen molar-refractivity contribution < 1.29 is 0 Å². The summed E-state index contributed by atoms with van der Waals surface area (Å²) in [6.07, 6.45) is 29.3. The summed E-state index contributed by atoms with van der Waals surface area (Å²) in [5.74, 6) is 0. The van der Waals surface area contributed by atoms with Gasteiger partial charge in [0.15, 0.2) is 0 Å². The quantitative estimate of drug-likeness (QED) is 0.119. The van der Waals surface area contributed by atoms with Crippen molar-refractivity contribution in [3.63, 3.8) is 0 Å². The van der Waals surface area contributed by atoms with Crippen molar-refractivity contribution in [1.82, 2.24) is 9.13 Å². The Balaban J connectivity index is 0.804. The van der Waals surface area contributed by atoms with Crippen LogP contribution in [0.25, 0.3) is 46.8 Å². The van der Waals surface area contributed by atoms with Gasteiger partial charge in [-0.1, -0.05) is 111 Å². The van der Waals surface area contributed by atoms with Crippen LogP contribution in [-0.4, -0.2) is 9.13 Å². The summed E-state index contributed by atoms with van der Waals surface area (Å²) in [6, 6.07) is 36.9. The zero-order valence-electron chi connectivity index (χ0n) is 32.4. The first kappa shape index (κ1) is 35.1. The Hall–Kier alpha value is -5.60. The van der Waals surface area contributed by atoms with Gasteiger partial charge in [-0.2, -0.15) is 0 Å². The lowest BCUT2D eigenvalue weighted by Gasteiger charge is -2.14. The van der Waals surface area contributed by atoms with E-state index < -0.39 is 0 Å². The first-order valence-corrected chi connectivity index (χ1v) is 20.7. The summed E-state index contributed by atoms with van der Waals surface area (Å²) in [4.78, 5) is 0. The van der Waals surface area contributed by atoms with Gasteiger partial charge in [-0.05, 0) is 175 Å². The van der Waals surface area contributed by atoms with Gasteiger partial charge < -0.3 is 9.13 Å². The van der Waals surface area contributed by atoms with Gasteiger partial charge in [-0.25, -0.2) is 0 Å². The summed E-state index contributed by atoms with van der Waals surface area (Å²) in [6.45, 7) is 6.48. The molecule has 0 saturated heterocycles. The lowest BCUT2D eigenvalue weighted by molar-refractivity contribution is 0.886. The molecule has 0 spiro atoms. The molecule has 0 unspecified atom stereocenters. The summed E-state index contributed by atoms with van der Waals surface area (Å²) < 4.78 is 4.91. The number of hydrogen-bond acceptors (Lipinski definition) is 0. The first-order chi connectivity index (χ1) is 27.2. The van der Waals surface area contributed by atoms with Crippen LogP contribution in [0.1, 0.15) is 99.9 Å². The van der Waals surface area contributed by atoms with E-state index in [2.05, 4.69) is 162 Å². The monoisotopic (exact) mass is 716 g/mol. The highest BCUT2D eigenvalue weighted by Crippen LogP contribution is 2.36. The Morgan fingerprint density at radius 1 is 0.473 bits per heavy atom. The van der Waals surface area contributed by atoms with E-state index in [9.17, 15) is 0 Å². The van der Waals surface area contributed by atoms with Crippen LogP contribution in [0.4, 0.5) is 0 Å². The topological polar surface area (TPSA) is 9.86 Å². The number of allylic oxidation sites excluding steroid dienone is 3. The average Bonchev–Trinajstić information content (AvgIpc) is 3.75. The van der Waals surface area contributed by atoms with Crippen LogP contribution in [0, 0.1) is 0 Å². The first-order valence-electron chi connectivity index (χ1n) is 20.7. The Kier molecular flexibility index (Phi) is 9.98. The van der Waals surface area contributed by atoms with E-state index in [1.165, 1.54) is 91.5 Å². The van der Waals surface area contributed by atoms with Crippen molar-refractivity contribution in [2.45, 2.75) is 84.0 Å². The summed E-state index contributed by atoms with van der Waals surface area (Å²) in [5.41, 5.74) is 22.1. The van der Waals surface area contributed by atoms with Crippen molar-refractivity contribution in [1.29, 1.82) is 0 Å². The fourth-order valence-electron chi connectivity index (χ4n) is 9.28. The van der Waals surface area contributed by atoms with Crippen molar-refractivity contribution in [3.8, 4) is 22.5 Å². The van der Waals surface area contributed by atoms with Gasteiger partial charge in [-0.15, -0.1) is 0 Å². The Bertz CT molecular complexity index is 2360. The van der Waals surface area contributed by atoms with Gasteiger partial charge in [-0.3, -0.25) is 0 Å². The number of hydrogen-bond donors (Lipinski definition) is 0. The molecule has 0 saturated carbocycles. The third kappa shape index (κ3) is 6.96. The van der Waals surface area contributed by atoms with Crippen molar-refractivity contribution in [3.05, 3.63) is 189 Å². The third-order valence-electron chi connectivity index (χ3n) is 12.2. The molecule has 0 aliphatic heterocycles. The Morgan fingerprint density at radius 3 is 1.27 bits per heavy atom. The SMILES string of the molecule is C=Cc1c(CCC)c2c(n1-c1ccc(CCc3ccc(-c4ccc(CCc5ccc(-n6c7c(c8c6C=CCC8)CCC=C7)cc5)cc4)cc3)cc1)C=CCC2. The van der Waals surface area contributed by atoms with E-state index in [0.717, 1.165) is 64.2 Å². The maximum absolute atomic E-state index is 4.21. The summed E-state index contributed by atoms with van der Waals surface area (Å²) >= 11 is 0. The molecule has 274 valence electrons. The van der Waals surface area contributed by atoms with E-state index in [4.69, 9.17) is 0 Å². The van der Waals surface area contributed by atoms with Crippen molar-refractivity contribution in [2.75, 3.05) is 0 Å². The number of nitrogens with zero attached hydrogens (tertiary/aromatic N) is 2. The van der Waals surface area contributed by atoms with E-state index in [-0.39, 0.29) is 0 Å². The fourth-order valence-corrected chi connectivity index (χ4v) is 9.28. The standard InChI is InChI=1S/C53H52N2/c1-3-11-46-47-12-5-8-15-51(47)54(50(46)4-2)44-34-26-40(27-35-44)20-18-38-22-30-42(31-23-38)43-32-24-39(25-33-43)19-21-41-28-36-45(37-29-41)55-52-16-9-6-13-48(52)49-14-7-10-17-53(49)55/h4,8-10,15-17,22-37H,2-3,5-7,11-14,18-21H2,1H3. The molecule has 4 aromatic carbocycles. The van der Waals surface area contributed by atoms with Gasteiger partial charge in [0.25, 0.3) is 0 Å². The Labute approximate surface area is 327 Å². The molecule has 0 radical (unpaired) electrons. The van der Waals surface area contributed by atoms with Crippen LogP contribution in [0.2, 0.25) is 0 Å². The number of aromatic nitrogens is 2. The lowest BCUT2D eigenvalue weighted by atomic mass is 9.94. The lowest BCUT2D eigenvalue weighted by Crippen LogP contribution is -2.02. The van der Waals surface area contributed by atoms with Crippen LogP contribution in [0.15, 0.2) is 122 Å². The minimum absolute atomic E-state index is 1.03. The predicted molar refractivity (Wildman–Crippen MR) is 234 cm³/mol. The molecule has 6 aromatic rings. The minimum Gasteiger partial charge on any atom is -0.310 e. The maximum Gasteiger partial charge on any atom is 0.0494 e. The highest BCUT2D eigenvalue weighted by atomic mass is 15.0. The normalized spacial score (nSPS) is 14.1. The maximum atomic E-state index is 4.21. The molecular weight excluding hydrogens is 665 g/mol. The highest BCUT2D eigenvalue weighted by Gasteiger charge is 2.24. The molecule has 0 N–H and O–H groups in total.